The molecule has 1 saturated heterocycles. The minimum Gasteiger partial charge on any atom is -0.356 e. The molecule has 3 rings (SSSR count). The Kier molecular flexibility index (Phi) is 5.22. The van der Waals surface area contributed by atoms with Crippen LogP contribution in [-0.2, 0) is 11.3 Å². The molecule has 2 aliphatic heterocycles. The number of halogens is 1. The van der Waals surface area contributed by atoms with E-state index in [0.29, 0.717) is 6.42 Å². The molecule has 2 N–H and O–H groups in total. The highest BCUT2D eigenvalue weighted by molar-refractivity contribution is 14.0. The van der Waals surface area contributed by atoms with E-state index in [0.717, 1.165) is 49.8 Å². The van der Waals surface area contributed by atoms with E-state index < -0.39 is 0 Å². The summed E-state index contributed by atoms with van der Waals surface area (Å²) in [6.45, 7) is 3.43. The zero-order valence-electron chi connectivity index (χ0n) is 11.3. The van der Waals surface area contributed by atoms with E-state index in [1.165, 1.54) is 0 Å². The number of hydrogen-bond donors (Lipinski definition) is 2. The highest BCUT2D eigenvalue weighted by Crippen LogP contribution is 2.22. The molecule has 2 heterocycles. The standard InChI is InChI=1S/C14H18N4O.HI/c19-13-5-8-18(13)12-4-1-3-11(9-12)10-17-14-15-6-2-7-16-14;/h1,3-4,9H,2,5-8,10H2,(H2,15,16,17);1H. The van der Waals surface area contributed by atoms with Gasteiger partial charge in [0, 0.05) is 38.3 Å². The number of carbonyl (C=O) groups excluding carboxylic acids is 1. The van der Waals surface area contributed by atoms with Crippen LogP contribution in [0.3, 0.4) is 0 Å². The number of benzene rings is 1. The third-order valence-electron chi connectivity index (χ3n) is 3.43. The van der Waals surface area contributed by atoms with Gasteiger partial charge in [-0.1, -0.05) is 12.1 Å². The van der Waals surface area contributed by atoms with Crippen LogP contribution < -0.4 is 15.5 Å². The number of hydrogen-bond acceptors (Lipinski definition) is 4. The van der Waals surface area contributed by atoms with E-state index >= 15 is 0 Å². The summed E-state index contributed by atoms with van der Waals surface area (Å²) < 4.78 is 0. The molecular formula is C14H19IN4O. The summed E-state index contributed by atoms with van der Waals surface area (Å²) in [5.41, 5.74) is 2.15. The topological polar surface area (TPSA) is 56.7 Å². The Hall–Kier alpha value is -1.31. The van der Waals surface area contributed by atoms with Crippen molar-refractivity contribution in [2.75, 3.05) is 24.5 Å². The molecular weight excluding hydrogens is 367 g/mol. The smallest absolute Gasteiger partial charge is 0.228 e. The van der Waals surface area contributed by atoms with Crippen LogP contribution in [0.1, 0.15) is 18.4 Å². The number of carbonyl (C=O) groups is 1. The van der Waals surface area contributed by atoms with Crippen molar-refractivity contribution in [3.63, 3.8) is 0 Å². The molecule has 0 aromatic heterocycles. The van der Waals surface area contributed by atoms with Gasteiger partial charge in [-0.05, 0) is 24.1 Å². The van der Waals surface area contributed by atoms with Crippen molar-refractivity contribution in [2.45, 2.75) is 19.4 Å². The maximum absolute atomic E-state index is 11.4. The second-order valence-corrected chi connectivity index (χ2v) is 4.83. The number of guanidine groups is 1. The van der Waals surface area contributed by atoms with Crippen molar-refractivity contribution in [3.05, 3.63) is 29.8 Å². The summed E-state index contributed by atoms with van der Waals surface area (Å²) in [5, 5.41) is 6.52. The van der Waals surface area contributed by atoms with Gasteiger partial charge in [-0.25, -0.2) is 0 Å². The molecule has 2 aliphatic rings. The number of nitrogens with one attached hydrogen (secondary N) is 2. The third-order valence-corrected chi connectivity index (χ3v) is 3.43. The lowest BCUT2D eigenvalue weighted by atomic mass is 10.1. The zero-order valence-corrected chi connectivity index (χ0v) is 13.6. The van der Waals surface area contributed by atoms with E-state index in [9.17, 15) is 4.79 Å². The summed E-state index contributed by atoms with van der Waals surface area (Å²) in [6.07, 6.45) is 1.76. The average Bonchev–Trinajstić information content (AvgIpc) is 2.45. The predicted octanol–water partition coefficient (Wildman–Crippen LogP) is 1.48. The van der Waals surface area contributed by atoms with Crippen LogP contribution in [0.2, 0.25) is 0 Å². The van der Waals surface area contributed by atoms with Crippen LogP contribution in [0, 0.1) is 0 Å². The van der Waals surface area contributed by atoms with Crippen LogP contribution in [0.5, 0.6) is 0 Å². The average molecular weight is 386 g/mol. The second-order valence-electron chi connectivity index (χ2n) is 4.83. The fourth-order valence-corrected chi connectivity index (χ4v) is 2.26. The summed E-state index contributed by atoms with van der Waals surface area (Å²) in [5.74, 6) is 1.08. The van der Waals surface area contributed by atoms with Crippen molar-refractivity contribution in [2.24, 2.45) is 4.99 Å². The Morgan fingerprint density at radius 1 is 1.40 bits per heavy atom. The first-order chi connectivity index (χ1) is 9.33. The molecule has 1 aromatic rings. The van der Waals surface area contributed by atoms with E-state index in [4.69, 9.17) is 0 Å². The van der Waals surface area contributed by atoms with Gasteiger partial charge in [-0.3, -0.25) is 9.79 Å². The fourth-order valence-electron chi connectivity index (χ4n) is 2.26. The first-order valence-electron chi connectivity index (χ1n) is 6.74. The zero-order chi connectivity index (χ0) is 13.1. The van der Waals surface area contributed by atoms with Crippen molar-refractivity contribution < 1.29 is 4.79 Å². The summed E-state index contributed by atoms with van der Waals surface area (Å²) >= 11 is 0. The van der Waals surface area contributed by atoms with E-state index in [1.807, 2.05) is 17.0 Å². The monoisotopic (exact) mass is 386 g/mol. The van der Waals surface area contributed by atoms with Gasteiger partial charge in [-0.2, -0.15) is 0 Å². The molecule has 1 amide bonds. The Labute approximate surface area is 135 Å². The molecule has 6 heteroatoms. The van der Waals surface area contributed by atoms with Crippen LogP contribution in [0.4, 0.5) is 5.69 Å². The van der Waals surface area contributed by atoms with Crippen molar-refractivity contribution >= 4 is 41.5 Å². The van der Waals surface area contributed by atoms with Gasteiger partial charge >= 0.3 is 0 Å². The largest absolute Gasteiger partial charge is 0.356 e. The second kappa shape index (κ2) is 6.92. The lowest BCUT2D eigenvalue weighted by Crippen LogP contribution is -2.43. The molecule has 0 bridgehead atoms. The molecule has 0 spiro atoms. The summed E-state index contributed by atoms with van der Waals surface area (Å²) in [6, 6.07) is 8.10. The molecule has 1 aromatic carbocycles. The van der Waals surface area contributed by atoms with Crippen LogP contribution >= 0.6 is 24.0 Å². The van der Waals surface area contributed by atoms with E-state index in [2.05, 4.69) is 27.8 Å². The lowest BCUT2D eigenvalue weighted by molar-refractivity contribution is -0.122. The number of β-lactam (4-membered cyclic amide) rings is 1. The quantitative estimate of drug-likeness (QED) is 0.611. The molecule has 0 radical (unpaired) electrons. The molecule has 0 aliphatic carbocycles. The fraction of sp³-hybridized carbons (Fsp3) is 0.429. The highest BCUT2D eigenvalue weighted by Gasteiger charge is 2.24. The molecule has 20 heavy (non-hydrogen) atoms. The normalized spacial score (nSPS) is 17.5. The van der Waals surface area contributed by atoms with E-state index in [-0.39, 0.29) is 29.9 Å². The van der Waals surface area contributed by atoms with Crippen molar-refractivity contribution in [1.82, 2.24) is 10.6 Å². The van der Waals surface area contributed by atoms with Gasteiger partial charge in [0.05, 0.1) is 0 Å². The Morgan fingerprint density at radius 2 is 2.30 bits per heavy atom. The molecule has 0 saturated carbocycles. The first-order valence-corrected chi connectivity index (χ1v) is 6.74. The summed E-state index contributed by atoms with van der Waals surface area (Å²) in [7, 11) is 0. The third kappa shape index (κ3) is 3.41. The minimum atomic E-state index is 0. The minimum absolute atomic E-state index is 0. The lowest BCUT2D eigenvalue weighted by Gasteiger charge is -2.31. The number of rotatable bonds is 3. The highest BCUT2D eigenvalue weighted by atomic mass is 127. The van der Waals surface area contributed by atoms with Crippen molar-refractivity contribution in [1.29, 1.82) is 0 Å². The molecule has 1 fully saturated rings. The van der Waals surface area contributed by atoms with Gasteiger partial charge in [-0.15, -0.1) is 24.0 Å². The Balaban J connectivity index is 0.00000147. The van der Waals surface area contributed by atoms with Gasteiger partial charge in [0.1, 0.15) is 0 Å². The molecule has 0 unspecified atom stereocenters. The van der Waals surface area contributed by atoms with E-state index in [1.54, 1.807) is 0 Å². The predicted molar refractivity (Wildman–Crippen MR) is 90.6 cm³/mol. The van der Waals surface area contributed by atoms with Gasteiger partial charge in [0.15, 0.2) is 5.96 Å². The van der Waals surface area contributed by atoms with Crippen LogP contribution in [0.15, 0.2) is 29.3 Å². The SMILES string of the molecule is I.O=C1CCN1c1cccc(CNC2=NCCCN2)c1. The Morgan fingerprint density at radius 3 is 2.95 bits per heavy atom. The van der Waals surface area contributed by atoms with Crippen LogP contribution in [-0.4, -0.2) is 31.5 Å². The number of nitrogens with zero attached hydrogens (tertiary/aromatic N) is 2. The van der Waals surface area contributed by atoms with Gasteiger partial charge < -0.3 is 15.5 Å². The molecule has 0 atom stereocenters. The number of aliphatic imine (C=N–C) groups is 1. The first kappa shape index (κ1) is 15.1. The van der Waals surface area contributed by atoms with Gasteiger partial charge in [0.2, 0.25) is 5.91 Å². The summed E-state index contributed by atoms with van der Waals surface area (Å²) in [4.78, 5) is 17.6. The number of amides is 1. The Bertz CT molecular complexity index is 518. The maximum Gasteiger partial charge on any atom is 0.228 e. The molecule has 108 valence electrons. The maximum atomic E-state index is 11.4. The van der Waals surface area contributed by atoms with Crippen LogP contribution in [0.25, 0.3) is 0 Å². The molecule has 5 nitrogen and oxygen atoms in total. The van der Waals surface area contributed by atoms with Gasteiger partial charge in [0.25, 0.3) is 0 Å². The number of anilines is 1. The van der Waals surface area contributed by atoms with Crippen molar-refractivity contribution in [3.8, 4) is 0 Å².